The first-order valence-corrected chi connectivity index (χ1v) is 9.81. The molecule has 0 atom stereocenters. The van der Waals surface area contributed by atoms with E-state index in [1.807, 2.05) is 47.4 Å². The Labute approximate surface area is 173 Å². The number of carbonyl (C=O) groups excluding carboxylic acids is 1. The van der Waals surface area contributed by atoms with Crippen molar-refractivity contribution in [3.8, 4) is 17.1 Å². The molecule has 0 aliphatic carbocycles. The molecule has 3 aromatic rings. The number of nitrogens with zero attached hydrogens (tertiary/aromatic N) is 5. The van der Waals surface area contributed by atoms with Gasteiger partial charge in [-0.2, -0.15) is 5.21 Å². The smallest absolute Gasteiger partial charge is 0.253 e. The zero-order valence-corrected chi connectivity index (χ0v) is 16.5. The standard InChI is InChI=1S/C20H21ClN6O2/c21-17-4-6-18(7-5-17)29-13-12-26-8-10-27(11-9-26)20(28)16-3-1-2-15(14-16)19-22-24-25-23-19/h1-7,14H,8-13H2,(H,22,23,24,25). The number of rotatable bonds is 6. The van der Waals surface area contributed by atoms with Crippen molar-refractivity contribution >= 4 is 17.5 Å². The number of nitrogens with one attached hydrogen (secondary N) is 1. The number of piperazine rings is 1. The van der Waals surface area contributed by atoms with E-state index in [4.69, 9.17) is 16.3 Å². The first-order valence-electron chi connectivity index (χ1n) is 9.43. The van der Waals surface area contributed by atoms with Gasteiger partial charge in [-0.15, -0.1) is 10.2 Å². The van der Waals surface area contributed by atoms with Crippen LogP contribution in [0, 0.1) is 0 Å². The van der Waals surface area contributed by atoms with Gasteiger partial charge in [-0.1, -0.05) is 23.7 Å². The predicted octanol–water partition coefficient (Wildman–Crippen LogP) is 2.36. The first kappa shape index (κ1) is 19.4. The van der Waals surface area contributed by atoms with Crippen molar-refractivity contribution in [3.63, 3.8) is 0 Å². The maximum absolute atomic E-state index is 12.9. The highest BCUT2D eigenvalue weighted by molar-refractivity contribution is 6.30. The number of amides is 1. The van der Waals surface area contributed by atoms with Crippen molar-refractivity contribution in [2.75, 3.05) is 39.3 Å². The van der Waals surface area contributed by atoms with Gasteiger partial charge in [0.2, 0.25) is 5.82 Å². The highest BCUT2D eigenvalue weighted by atomic mass is 35.5. The van der Waals surface area contributed by atoms with E-state index in [1.165, 1.54) is 0 Å². The van der Waals surface area contributed by atoms with Gasteiger partial charge in [-0.3, -0.25) is 9.69 Å². The summed E-state index contributed by atoms with van der Waals surface area (Å²) in [5.41, 5.74) is 1.40. The van der Waals surface area contributed by atoms with E-state index in [0.29, 0.717) is 36.1 Å². The van der Waals surface area contributed by atoms with Crippen molar-refractivity contribution in [2.24, 2.45) is 0 Å². The van der Waals surface area contributed by atoms with Gasteiger partial charge in [0, 0.05) is 48.9 Å². The quantitative estimate of drug-likeness (QED) is 0.668. The normalized spacial score (nSPS) is 14.7. The molecular weight excluding hydrogens is 392 g/mol. The second kappa shape index (κ2) is 9.02. The maximum atomic E-state index is 12.9. The number of ether oxygens (including phenoxy) is 1. The zero-order chi connectivity index (χ0) is 20.1. The third-order valence-electron chi connectivity index (χ3n) is 4.86. The Kier molecular flexibility index (Phi) is 6.02. The van der Waals surface area contributed by atoms with Crippen LogP contribution in [-0.4, -0.2) is 75.7 Å². The van der Waals surface area contributed by atoms with Crippen molar-refractivity contribution < 1.29 is 9.53 Å². The van der Waals surface area contributed by atoms with E-state index < -0.39 is 0 Å². The monoisotopic (exact) mass is 412 g/mol. The van der Waals surface area contributed by atoms with E-state index in [-0.39, 0.29) is 5.91 Å². The summed E-state index contributed by atoms with van der Waals surface area (Å²) in [6.45, 7) is 4.43. The van der Waals surface area contributed by atoms with E-state index in [2.05, 4.69) is 25.5 Å². The number of aromatic amines is 1. The molecule has 8 nitrogen and oxygen atoms in total. The number of hydrogen-bond acceptors (Lipinski definition) is 6. The number of hydrogen-bond donors (Lipinski definition) is 1. The van der Waals surface area contributed by atoms with Crippen LogP contribution in [0.5, 0.6) is 5.75 Å². The minimum Gasteiger partial charge on any atom is -0.492 e. The second-order valence-corrected chi connectivity index (χ2v) is 7.19. The zero-order valence-electron chi connectivity index (χ0n) is 15.8. The predicted molar refractivity (Wildman–Crippen MR) is 109 cm³/mol. The number of H-pyrrole nitrogens is 1. The largest absolute Gasteiger partial charge is 0.492 e. The molecule has 1 aliphatic rings. The molecule has 150 valence electrons. The maximum Gasteiger partial charge on any atom is 0.253 e. The van der Waals surface area contributed by atoms with Crippen molar-refractivity contribution in [1.82, 2.24) is 30.4 Å². The molecule has 2 heterocycles. The molecule has 2 aromatic carbocycles. The van der Waals surface area contributed by atoms with Crippen molar-refractivity contribution in [1.29, 1.82) is 0 Å². The number of benzene rings is 2. The minimum absolute atomic E-state index is 0.0207. The second-order valence-electron chi connectivity index (χ2n) is 6.75. The van der Waals surface area contributed by atoms with Gasteiger partial charge in [0.15, 0.2) is 0 Å². The van der Waals surface area contributed by atoms with Crippen molar-refractivity contribution in [2.45, 2.75) is 0 Å². The van der Waals surface area contributed by atoms with Gasteiger partial charge in [0.1, 0.15) is 12.4 Å². The van der Waals surface area contributed by atoms with Crippen LogP contribution in [0.2, 0.25) is 5.02 Å². The molecule has 0 saturated carbocycles. The van der Waals surface area contributed by atoms with Gasteiger partial charge >= 0.3 is 0 Å². The Morgan fingerprint density at radius 2 is 1.90 bits per heavy atom. The number of aromatic nitrogens is 4. The number of carbonyl (C=O) groups is 1. The molecule has 4 rings (SSSR count). The van der Waals surface area contributed by atoms with E-state index in [1.54, 1.807) is 6.07 Å². The van der Waals surface area contributed by atoms with Crippen LogP contribution in [0.15, 0.2) is 48.5 Å². The fraction of sp³-hybridized carbons (Fsp3) is 0.300. The summed E-state index contributed by atoms with van der Waals surface area (Å²) in [4.78, 5) is 17.0. The Morgan fingerprint density at radius 3 is 2.62 bits per heavy atom. The van der Waals surface area contributed by atoms with E-state index >= 15 is 0 Å². The molecule has 0 bridgehead atoms. The highest BCUT2D eigenvalue weighted by Gasteiger charge is 2.22. The average Bonchev–Trinajstić information content (AvgIpc) is 3.30. The third kappa shape index (κ3) is 4.90. The molecule has 9 heteroatoms. The minimum atomic E-state index is 0.0207. The molecule has 0 radical (unpaired) electrons. The van der Waals surface area contributed by atoms with Crippen LogP contribution >= 0.6 is 11.6 Å². The van der Waals surface area contributed by atoms with Crippen LogP contribution in [-0.2, 0) is 0 Å². The number of halogens is 1. The van der Waals surface area contributed by atoms with Gasteiger partial charge in [0.25, 0.3) is 5.91 Å². The van der Waals surface area contributed by atoms with Crippen molar-refractivity contribution in [3.05, 3.63) is 59.1 Å². The summed E-state index contributed by atoms with van der Waals surface area (Å²) < 4.78 is 5.76. The molecule has 1 aromatic heterocycles. The fourth-order valence-corrected chi connectivity index (χ4v) is 3.38. The molecule has 0 unspecified atom stereocenters. The summed E-state index contributed by atoms with van der Waals surface area (Å²) in [5.74, 6) is 1.31. The summed E-state index contributed by atoms with van der Waals surface area (Å²) in [7, 11) is 0. The first-order chi connectivity index (χ1) is 14.2. The molecule has 1 saturated heterocycles. The van der Waals surface area contributed by atoms with Gasteiger partial charge in [-0.05, 0) is 41.6 Å². The highest BCUT2D eigenvalue weighted by Crippen LogP contribution is 2.18. The van der Waals surface area contributed by atoms with Gasteiger partial charge in [0.05, 0.1) is 0 Å². The van der Waals surface area contributed by atoms with Gasteiger partial charge < -0.3 is 9.64 Å². The lowest BCUT2D eigenvalue weighted by Crippen LogP contribution is -2.49. The van der Waals surface area contributed by atoms with E-state index in [0.717, 1.165) is 30.9 Å². The average molecular weight is 413 g/mol. The molecule has 1 aliphatic heterocycles. The van der Waals surface area contributed by atoms with Gasteiger partial charge in [-0.25, -0.2) is 0 Å². The van der Waals surface area contributed by atoms with Crippen LogP contribution < -0.4 is 4.74 Å². The third-order valence-corrected chi connectivity index (χ3v) is 5.11. The van der Waals surface area contributed by atoms with Crippen LogP contribution in [0.25, 0.3) is 11.4 Å². The summed E-state index contributed by atoms with van der Waals surface area (Å²) in [6, 6.07) is 14.7. The summed E-state index contributed by atoms with van der Waals surface area (Å²) in [5, 5.41) is 14.6. The lowest BCUT2D eigenvalue weighted by molar-refractivity contribution is 0.0620. The Balaban J connectivity index is 1.26. The number of tetrazole rings is 1. The Morgan fingerprint density at radius 1 is 1.10 bits per heavy atom. The molecular formula is C20H21ClN6O2. The molecule has 1 amide bonds. The summed E-state index contributed by atoms with van der Waals surface area (Å²) in [6.07, 6.45) is 0. The van der Waals surface area contributed by atoms with E-state index in [9.17, 15) is 4.79 Å². The molecule has 1 fully saturated rings. The molecule has 29 heavy (non-hydrogen) atoms. The molecule has 1 N–H and O–H groups in total. The summed E-state index contributed by atoms with van der Waals surface area (Å²) >= 11 is 5.88. The van der Waals surface area contributed by atoms with Crippen LogP contribution in [0.4, 0.5) is 0 Å². The fourth-order valence-electron chi connectivity index (χ4n) is 3.26. The van der Waals surface area contributed by atoms with Crippen LogP contribution in [0.1, 0.15) is 10.4 Å². The Hall–Kier alpha value is -2.97. The topological polar surface area (TPSA) is 87.2 Å². The Bertz CT molecular complexity index is 940. The SMILES string of the molecule is O=C(c1cccc(-c2nn[nH]n2)c1)N1CCN(CCOc2ccc(Cl)cc2)CC1. The lowest BCUT2D eigenvalue weighted by Gasteiger charge is -2.34. The van der Waals surface area contributed by atoms with Crippen LogP contribution in [0.3, 0.4) is 0 Å². The molecule has 0 spiro atoms. The lowest BCUT2D eigenvalue weighted by atomic mass is 10.1.